The van der Waals surface area contributed by atoms with Crippen LogP contribution in [-0.4, -0.2) is 50.3 Å². The lowest BCUT2D eigenvalue weighted by Gasteiger charge is -2.23. The first-order valence-corrected chi connectivity index (χ1v) is 7.33. The quantitative estimate of drug-likeness (QED) is 0.780. The normalized spacial score (nSPS) is 21.8. The third-order valence-electron chi connectivity index (χ3n) is 3.13. The van der Waals surface area contributed by atoms with Gasteiger partial charge in [0.05, 0.1) is 0 Å². The average molecular weight is 286 g/mol. The van der Waals surface area contributed by atoms with E-state index < -0.39 is 10.2 Å². The van der Waals surface area contributed by atoms with Gasteiger partial charge in [0.1, 0.15) is 0 Å². The molecular formula is C10H24ClN3O2S. The lowest BCUT2D eigenvalue weighted by atomic mass is 10.1. The summed E-state index contributed by atoms with van der Waals surface area (Å²) in [4.78, 5) is 0. The Labute approximate surface area is 111 Å². The molecule has 1 heterocycles. The standard InChI is InChI=1S/C10H23N3O2S.ClH/c1-3-4-6-12(2)16(14,15)13-7-5-10(8-11)9-13;/h10H,3-9,11H2,1-2H3;1H. The lowest BCUT2D eigenvalue weighted by molar-refractivity contribution is 0.383. The number of hydrogen-bond donors (Lipinski definition) is 1. The number of unbranched alkanes of at least 4 members (excludes halogenated alkanes) is 1. The highest BCUT2D eigenvalue weighted by atomic mass is 35.5. The van der Waals surface area contributed by atoms with Gasteiger partial charge in [-0.2, -0.15) is 17.0 Å². The van der Waals surface area contributed by atoms with E-state index in [1.807, 2.05) is 0 Å². The van der Waals surface area contributed by atoms with E-state index in [2.05, 4.69) is 6.92 Å². The average Bonchev–Trinajstić information content (AvgIpc) is 2.74. The molecule has 5 nitrogen and oxygen atoms in total. The molecule has 1 saturated heterocycles. The Morgan fingerprint density at radius 2 is 2.12 bits per heavy atom. The molecule has 0 radical (unpaired) electrons. The molecule has 1 fully saturated rings. The van der Waals surface area contributed by atoms with Crippen molar-refractivity contribution in [2.45, 2.75) is 26.2 Å². The molecule has 1 aliphatic rings. The smallest absolute Gasteiger partial charge is 0.281 e. The van der Waals surface area contributed by atoms with Crippen LogP contribution in [-0.2, 0) is 10.2 Å². The fourth-order valence-corrected chi connectivity index (χ4v) is 3.38. The molecule has 104 valence electrons. The molecule has 0 spiro atoms. The minimum absolute atomic E-state index is 0. The van der Waals surface area contributed by atoms with Crippen LogP contribution in [0.4, 0.5) is 0 Å². The highest BCUT2D eigenvalue weighted by molar-refractivity contribution is 7.86. The van der Waals surface area contributed by atoms with Gasteiger partial charge >= 0.3 is 0 Å². The molecule has 0 amide bonds. The van der Waals surface area contributed by atoms with E-state index in [0.29, 0.717) is 32.1 Å². The molecule has 0 aromatic rings. The van der Waals surface area contributed by atoms with E-state index in [1.165, 1.54) is 4.31 Å². The van der Waals surface area contributed by atoms with Crippen molar-refractivity contribution < 1.29 is 8.42 Å². The zero-order chi connectivity index (χ0) is 12.2. The molecule has 0 aromatic heterocycles. The van der Waals surface area contributed by atoms with E-state index in [-0.39, 0.29) is 12.4 Å². The first kappa shape index (κ1) is 17.1. The van der Waals surface area contributed by atoms with Gasteiger partial charge in [0.25, 0.3) is 10.2 Å². The van der Waals surface area contributed by atoms with Gasteiger partial charge < -0.3 is 5.73 Å². The zero-order valence-corrected chi connectivity index (χ0v) is 12.3. The molecule has 1 unspecified atom stereocenters. The molecule has 0 saturated carbocycles. The minimum atomic E-state index is -3.24. The van der Waals surface area contributed by atoms with Crippen molar-refractivity contribution >= 4 is 22.6 Å². The maximum absolute atomic E-state index is 12.1. The second kappa shape index (κ2) is 7.53. The van der Waals surface area contributed by atoms with Crippen molar-refractivity contribution in [3.8, 4) is 0 Å². The summed E-state index contributed by atoms with van der Waals surface area (Å²) in [5.74, 6) is 0.328. The monoisotopic (exact) mass is 285 g/mol. The summed E-state index contributed by atoms with van der Waals surface area (Å²) < 4.78 is 27.2. The van der Waals surface area contributed by atoms with Crippen LogP contribution in [0.15, 0.2) is 0 Å². The predicted molar refractivity (Wildman–Crippen MR) is 72.4 cm³/mol. The molecular weight excluding hydrogens is 262 g/mol. The summed E-state index contributed by atoms with van der Waals surface area (Å²) in [7, 11) is -1.59. The van der Waals surface area contributed by atoms with Crippen molar-refractivity contribution in [2.75, 3.05) is 33.2 Å². The van der Waals surface area contributed by atoms with E-state index in [4.69, 9.17) is 5.73 Å². The van der Waals surface area contributed by atoms with Gasteiger partial charge in [0.15, 0.2) is 0 Å². The van der Waals surface area contributed by atoms with Gasteiger partial charge in [-0.1, -0.05) is 13.3 Å². The van der Waals surface area contributed by atoms with Crippen LogP contribution < -0.4 is 5.73 Å². The van der Waals surface area contributed by atoms with Crippen LogP contribution in [0.1, 0.15) is 26.2 Å². The van der Waals surface area contributed by atoms with E-state index in [1.54, 1.807) is 11.4 Å². The van der Waals surface area contributed by atoms with Gasteiger partial charge in [0.2, 0.25) is 0 Å². The molecule has 0 bridgehead atoms. The lowest BCUT2D eigenvalue weighted by Crippen LogP contribution is -2.41. The number of rotatable bonds is 6. The van der Waals surface area contributed by atoms with Crippen molar-refractivity contribution in [2.24, 2.45) is 11.7 Å². The summed E-state index contributed by atoms with van der Waals surface area (Å²) in [5.41, 5.74) is 5.56. The zero-order valence-electron chi connectivity index (χ0n) is 10.6. The van der Waals surface area contributed by atoms with Crippen LogP contribution in [0.3, 0.4) is 0 Å². The van der Waals surface area contributed by atoms with Gasteiger partial charge in [-0.15, -0.1) is 12.4 Å². The van der Waals surface area contributed by atoms with Gasteiger partial charge in [-0.25, -0.2) is 0 Å². The predicted octanol–water partition coefficient (Wildman–Crippen LogP) is 0.666. The Balaban J connectivity index is 0.00000256. The molecule has 17 heavy (non-hydrogen) atoms. The summed E-state index contributed by atoms with van der Waals surface area (Å²) in [5, 5.41) is 0. The molecule has 1 atom stereocenters. The van der Waals surface area contributed by atoms with Crippen molar-refractivity contribution in [1.29, 1.82) is 0 Å². The van der Waals surface area contributed by atoms with Crippen LogP contribution in [0.5, 0.6) is 0 Å². The molecule has 1 aliphatic heterocycles. The highest BCUT2D eigenvalue weighted by Crippen LogP contribution is 2.20. The van der Waals surface area contributed by atoms with Crippen LogP contribution >= 0.6 is 12.4 Å². The largest absolute Gasteiger partial charge is 0.330 e. The van der Waals surface area contributed by atoms with Crippen molar-refractivity contribution in [1.82, 2.24) is 8.61 Å². The Bertz CT molecular complexity index is 311. The van der Waals surface area contributed by atoms with Crippen LogP contribution in [0, 0.1) is 5.92 Å². The summed E-state index contributed by atoms with van der Waals surface area (Å²) in [6, 6.07) is 0. The number of halogens is 1. The van der Waals surface area contributed by atoms with E-state index in [0.717, 1.165) is 19.3 Å². The topological polar surface area (TPSA) is 66.6 Å². The Hall–Kier alpha value is 0.120. The third kappa shape index (κ3) is 4.37. The maximum atomic E-state index is 12.1. The SMILES string of the molecule is CCCCN(C)S(=O)(=O)N1CCC(CN)C1.Cl. The Kier molecular flexibility index (Phi) is 7.58. The fraction of sp³-hybridized carbons (Fsp3) is 1.00. The number of nitrogens with two attached hydrogens (primary N) is 1. The molecule has 0 aromatic carbocycles. The first-order chi connectivity index (χ1) is 7.52. The Morgan fingerprint density at radius 3 is 2.59 bits per heavy atom. The highest BCUT2D eigenvalue weighted by Gasteiger charge is 2.32. The summed E-state index contributed by atoms with van der Waals surface area (Å²) in [6.45, 7) is 4.42. The first-order valence-electron chi connectivity index (χ1n) is 5.93. The Morgan fingerprint density at radius 1 is 1.47 bits per heavy atom. The maximum Gasteiger partial charge on any atom is 0.281 e. The van der Waals surface area contributed by atoms with Gasteiger partial charge in [-0.05, 0) is 25.3 Å². The number of hydrogen-bond acceptors (Lipinski definition) is 3. The molecule has 1 rings (SSSR count). The van der Waals surface area contributed by atoms with Gasteiger partial charge in [0, 0.05) is 26.7 Å². The summed E-state index contributed by atoms with van der Waals surface area (Å²) >= 11 is 0. The summed E-state index contributed by atoms with van der Waals surface area (Å²) in [6.07, 6.45) is 2.80. The van der Waals surface area contributed by atoms with Crippen molar-refractivity contribution in [3.05, 3.63) is 0 Å². The number of nitrogens with zero attached hydrogens (tertiary/aromatic N) is 2. The fourth-order valence-electron chi connectivity index (χ4n) is 1.89. The third-order valence-corrected chi connectivity index (χ3v) is 5.08. The second-order valence-corrected chi connectivity index (χ2v) is 6.47. The minimum Gasteiger partial charge on any atom is -0.330 e. The second-order valence-electron chi connectivity index (χ2n) is 4.43. The van der Waals surface area contributed by atoms with E-state index >= 15 is 0 Å². The van der Waals surface area contributed by atoms with E-state index in [9.17, 15) is 8.42 Å². The molecule has 0 aliphatic carbocycles. The van der Waals surface area contributed by atoms with Crippen molar-refractivity contribution in [3.63, 3.8) is 0 Å². The van der Waals surface area contributed by atoms with Crippen LogP contribution in [0.25, 0.3) is 0 Å². The molecule has 2 N–H and O–H groups in total. The van der Waals surface area contributed by atoms with Crippen LogP contribution in [0.2, 0.25) is 0 Å². The van der Waals surface area contributed by atoms with Gasteiger partial charge in [-0.3, -0.25) is 0 Å². The molecule has 7 heteroatoms.